The summed E-state index contributed by atoms with van der Waals surface area (Å²) in [7, 11) is 4.13. The van der Waals surface area contributed by atoms with Gasteiger partial charge in [-0.1, -0.05) is 48.0 Å². The Kier molecular flexibility index (Phi) is 5.16. The molecule has 2 aromatic carbocycles. The van der Waals surface area contributed by atoms with Gasteiger partial charge in [-0.25, -0.2) is 0 Å². The van der Waals surface area contributed by atoms with Crippen LogP contribution in [0.4, 0.5) is 0 Å². The zero-order valence-electron chi connectivity index (χ0n) is 15.1. The molecule has 0 aromatic heterocycles. The van der Waals surface area contributed by atoms with E-state index in [2.05, 4.69) is 43.4 Å². The fourth-order valence-electron chi connectivity index (χ4n) is 3.66. The number of fused-ring (bicyclic) bond motifs is 1. The third kappa shape index (κ3) is 3.58. The van der Waals surface area contributed by atoms with Crippen molar-refractivity contribution in [3.05, 3.63) is 70.2 Å². The van der Waals surface area contributed by atoms with Crippen molar-refractivity contribution < 1.29 is 4.79 Å². The Morgan fingerprint density at radius 2 is 1.80 bits per heavy atom. The maximum atomic E-state index is 13.1. The quantitative estimate of drug-likeness (QED) is 0.872. The molecule has 0 fully saturated rings. The van der Waals surface area contributed by atoms with Crippen LogP contribution in [0.1, 0.15) is 42.5 Å². The number of amides is 1. The molecule has 1 aliphatic rings. The maximum Gasteiger partial charge on any atom is 0.231 e. The first kappa shape index (κ1) is 18.0. The van der Waals surface area contributed by atoms with Crippen LogP contribution in [0.5, 0.6) is 0 Å². The summed E-state index contributed by atoms with van der Waals surface area (Å²) < 4.78 is 0. The van der Waals surface area contributed by atoms with Crippen molar-refractivity contribution in [3.8, 4) is 0 Å². The van der Waals surface area contributed by atoms with E-state index in [1.165, 1.54) is 5.56 Å². The van der Waals surface area contributed by atoms with Crippen LogP contribution in [-0.4, -0.2) is 31.4 Å². The molecular weight excluding hydrogens is 332 g/mol. The summed E-state index contributed by atoms with van der Waals surface area (Å²) in [6.07, 6.45) is 1.82. The van der Waals surface area contributed by atoms with E-state index in [0.717, 1.165) is 30.5 Å². The molecule has 1 N–H and O–H groups in total. The molecule has 3 nitrogen and oxygen atoms in total. The molecule has 0 spiro atoms. The Hall–Kier alpha value is -1.84. The molecule has 132 valence electrons. The van der Waals surface area contributed by atoms with Gasteiger partial charge in [-0.2, -0.15) is 0 Å². The summed E-state index contributed by atoms with van der Waals surface area (Å²) >= 11 is 6.02. The highest BCUT2D eigenvalue weighted by atomic mass is 35.5. The predicted molar refractivity (Wildman–Crippen MR) is 103 cm³/mol. The van der Waals surface area contributed by atoms with Crippen molar-refractivity contribution >= 4 is 17.5 Å². The van der Waals surface area contributed by atoms with Crippen molar-refractivity contribution in [2.75, 3.05) is 20.6 Å². The molecule has 1 amide bonds. The molecule has 2 atom stereocenters. The molecule has 0 bridgehead atoms. The Labute approximate surface area is 155 Å². The Morgan fingerprint density at radius 3 is 2.48 bits per heavy atom. The summed E-state index contributed by atoms with van der Waals surface area (Å²) in [6.45, 7) is 3.04. The molecule has 0 aliphatic carbocycles. The van der Waals surface area contributed by atoms with E-state index in [1.807, 2.05) is 36.4 Å². The number of carbonyl (C=O) groups is 1. The van der Waals surface area contributed by atoms with Crippen LogP contribution in [0, 0.1) is 0 Å². The van der Waals surface area contributed by atoms with E-state index in [-0.39, 0.29) is 11.9 Å². The lowest BCUT2D eigenvalue weighted by molar-refractivity contribution is -0.127. The smallest absolute Gasteiger partial charge is 0.231 e. The molecule has 1 aliphatic heterocycles. The highest BCUT2D eigenvalue weighted by Crippen LogP contribution is 2.40. The number of nitrogens with zero attached hydrogens (tertiary/aromatic N) is 1. The van der Waals surface area contributed by atoms with Crippen LogP contribution in [0.2, 0.25) is 5.02 Å². The molecule has 2 unspecified atom stereocenters. The van der Waals surface area contributed by atoms with Crippen LogP contribution in [-0.2, 0) is 10.2 Å². The lowest BCUT2D eigenvalue weighted by atomic mass is 9.71. The van der Waals surface area contributed by atoms with Crippen molar-refractivity contribution in [1.29, 1.82) is 0 Å². The van der Waals surface area contributed by atoms with E-state index in [9.17, 15) is 4.79 Å². The van der Waals surface area contributed by atoms with E-state index in [4.69, 9.17) is 11.6 Å². The molecule has 0 radical (unpaired) electrons. The highest BCUT2D eigenvalue weighted by Gasteiger charge is 2.42. The zero-order valence-corrected chi connectivity index (χ0v) is 15.8. The summed E-state index contributed by atoms with van der Waals surface area (Å²) in [6, 6.07) is 15.9. The Morgan fingerprint density at radius 1 is 1.12 bits per heavy atom. The largest absolute Gasteiger partial charge is 0.344 e. The summed E-state index contributed by atoms with van der Waals surface area (Å²) in [5.74, 6) is 0.102. The van der Waals surface area contributed by atoms with Gasteiger partial charge in [0.1, 0.15) is 0 Å². The number of benzene rings is 2. The van der Waals surface area contributed by atoms with Crippen molar-refractivity contribution in [2.24, 2.45) is 0 Å². The topological polar surface area (TPSA) is 32.3 Å². The monoisotopic (exact) mass is 356 g/mol. The molecule has 4 heteroatoms. The van der Waals surface area contributed by atoms with Gasteiger partial charge in [0, 0.05) is 5.02 Å². The number of hydrogen-bond donors (Lipinski definition) is 1. The molecule has 2 aromatic rings. The van der Waals surface area contributed by atoms with Crippen LogP contribution in [0.15, 0.2) is 48.5 Å². The fraction of sp³-hybridized carbons (Fsp3) is 0.381. The second-order valence-electron chi connectivity index (χ2n) is 7.28. The molecule has 25 heavy (non-hydrogen) atoms. The summed E-state index contributed by atoms with van der Waals surface area (Å²) in [4.78, 5) is 15.2. The van der Waals surface area contributed by atoms with E-state index < -0.39 is 5.41 Å². The van der Waals surface area contributed by atoms with Crippen LogP contribution in [0.3, 0.4) is 0 Å². The van der Waals surface area contributed by atoms with Gasteiger partial charge in [-0.15, -0.1) is 0 Å². The number of rotatable bonds is 5. The van der Waals surface area contributed by atoms with Gasteiger partial charge >= 0.3 is 0 Å². The Balaban J connectivity index is 1.97. The lowest BCUT2D eigenvalue weighted by Gasteiger charge is -2.39. The molecule has 3 rings (SSSR count). The van der Waals surface area contributed by atoms with Gasteiger partial charge in [0.05, 0.1) is 11.5 Å². The molecule has 0 saturated carbocycles. The minimum absolute atomic E-state index is 0.102. The summed E-state index contributed by atoms with van der Waals surface area (Å²) in [5.41, 5.74) is 2.88. The number of nitrogens with one attached hydrogen (secondary N) is 1. The van der Waals surface area contributed by atoms with Gasteiger partial charge < -0.3 is 10.2 Å². The van der Waals surface area contributed by atoms with E-state index >= 15 is 0 Å². The van der Waals surface area contributed by atoms with Gasteiger partial charge in [0.2, 0.25) is 5.91 Å². The van der Waals surface area contributed by atoms with Gasteiger partial charge in [-0.05, 0) is 69.2 Å². The first-order valence-electron chi connectivity index (χ1n) is 8.72. The van der Waals surface area contributed by atoms with Crippen molar-refractivity contribution in [3.63, 3.8) is 0 Å². The average Bonchev–Trinajstić information content (AvgIpc) is 2.59. The number of hydrogen-bond acceptors (Lipinski definition) is 2. The SMILES string of the molecule is CN(C)CCCC1(C)C(=O)NC(c2ccc(Cl)cc2)c2ccccc21. The third-order valence-electron chi connectivity index (χ3n) is 5.13. The van der Waals surface area contributed by atoms with Gasteiger partial charge in [0.15, 0.2) is 0 Å². The zero-order chi connectivity index (χ0) is 18.0. The maximum absolute atomic E-state index is 13.1. The van der Waals surface area contributed by atoms with Gasteiger partial charge in [-0.3, -0.25) is 4.79 Å². The van der Waals surface area contributed by atoms with Crippen molar-refractivity contribution in [1.82, 2.24) is 10.2 Å². The first-order chi connectivity index (χ1) is 11.9. The third-order valence-corrected chi connectivity index (χ3v) is 5.38. The second-order valence-corrected chi connectivity index (χ2v) is 7.72. The molecule has 0 saturated heterocycles. The molecular formula is C21H25ClN2O. The standard InChI is InChI=1S/C21H25ClN2O/c1-21(13-6-14-24(2)3)18-8-5-4-7-17(18)19(23-20(21)25)15-9-11-16(22)12-10-15/h4-5,7-12,19H,6,13-14H2,1-3H3,(H,23,25). The Bertz CT molecular complexity index is 757. The lowest BCUT2D eigenvalue weighted by Crippen LogP contribution is -2.49. The fourth-order valence-corrected chi connectivity index (χ4v) is 3.78. The highest BCUT2D eigenvalue weighted by molar-refractivity contribution is 6.30. The van der Waals surface area contributed by atoms with Crippen LogP contribution < -0.4 is 5.32 Å². The second kappa shape index (κ2) is 7.19. The number of carbonyl (C=O) groups excluding carboxylic acids is 1. The minimum atomic E-state index is -0.491. The van der Waals surface area contributed by atoms with Crippen LogP contribution >= 0.6 is 11.6 Å². The normalized spacial score (nSPS) is 22.6. The van der Waals surface area contributed by atoms with Gasteiger partial charge in [0.25, 0.3) is 0 Å². The minimum Gasteiger partial charge on any atom is -0.344 e. The predicted octanol–water partition coefficient (Wildman–Crippen LogP) is 4.16. The average molecular weight is 357 g/mol. The summed E-state index contributed by atoms with van der Waals surface area (Å²) in [5, 5.41) is 3.94. The van der Waals surface area contributed by atoms with Crippen molar-refractivity contribution in [2.45, 2.75) is 31.2 Å². The van der Waals surface area contributed by atoms with E-state index in [1.54, 1.807) is 0 Å². The number of halogens is 1. The van der Waals surface area contributed by atoms with E-state index in [0.29, 0.717) is 5.02 Å². The first-order valence-corrected chi connectivity index (χ1v) is 9.10. The molecule has 1 heterocycles. The van der Waals surface area contributed by atoms with Crippen LogP contribution in [0.25, 0.3) is 0 Å².